The fraction of sp³-hybridized carbons (Fsp3) is 0.312. The maximum atomic E-state index is 13.1. The van der Waals surface area contributed by atoms with E-state index in [9.17, 15) is 13.2 Å². The zero-order valence-corrected chi connectivity index (χ0v) is 13.3. The molecule has 1 aromatic heterocycles. The molecular formula is C16H15F3N4O. The Morgan fingerprint density at radius 3 is 2.50 bits per heavy atom. The zero-order chi connectivity index (χ0) is 17.9. The Morgan fingerprint density at radius 1 is 1.25 bits per heavy atom. The van der Waals surface area contributed by atoms with Crippen LogP contribution in [0, 0.1) is 11.3 Å². The lowest BCUT2D eigenvalue weighted by atomic mass is 10.2. The molecule has 24 heavy (non-hydrogen) atoms. The van der Waals surface area contributed by atoms with Crippen LogP contribution in [-0.2, 0) is 6.18 Å². The van der Waals surface area contributed by atoms with Crippen LogP contribution < -0.4 is 9.64 Å². The molecule has 0 radical (unpaired) electrons. The Hall–Kier alpha value is -2.82. The Kier molecular flexibility index (Phi) is 4.93. The molecule has 1 heterocycles. The zero-order valence-electron chi connectivity index (χ0n) is 13.3. The van der Waals surface area contributed by atoms with Gasteiger partial charge in [-0.25, -0.2) is 4.98 Å². The van der Waals surface area contributed by atoms with Crippen molar-refractivity contribution < 1.29 is 17.9 Å². The fourth-order valence-corrected chi connectivity index (χ4v) is 1.99. The Balaban J connectivity index is 2.50. The van der Waals surface area contributed by atoms with Crippen molar-refractivity contribution in [3.63, 3.8) is 0 Å². The number of anilines is 2. The topological polar surface area (TPSA) is 62.0 Å². The van der Waals surface area contributed by atoms with Crippen molar-refractivity contribution in [1.82, 2.24) is 9.97 Å². The molecule has 0 fully saturated rings. The Labute approximate surface area is 137 Å². The highest BCUT2D eigenvalue weighted by Crippen LogP contribution is 2.36. The molecule has 0 atom stereocenters. The molecule has 2 aromatic rings. The van der Waals surface area contributed by atoms with Crippen LogP contribution in [0.1, 0.15) is 25.0 Å². The lowest BCUT2D eigenvalue weighted by Gasteiger charge is -2.21. The van der Waals surface area contributed by atoms with Crippen LogP contribution in [0.25, 0.3) is 0 Å². The number of nitriles is 1. The predicted molar refractivity (Wildman–Crippen MR) is 82.0 cm³/mol. The van der Waals surface area contributed by atoms with E-state index >= 15 is 0 Å². The standard InChI is InChI=1S/C16H15F3N4O/c1-10(2)24-14-12(16(17,18)19)9-21-15(22-14)23(3)13-7-5-4-6-11(13)8-20/h4-7,9-10H,1-3H3. The number of para-hydroxylation sites is 1. The van der Waals surface area contributed by atoms with E-state index in [-0.39, 0.29) is 5.95 Å². The number of hydrogen-bond donors (Lipinski definition) is 0. The number of nitrogens with zero attached hydrogens (tertiary/aromatic N) is 4. The minimum absolute atomic E-state index is 0.00125. The van der Waals surface area contributed by atoms with Crippen LogP contribution in [0.4, 0.5) is 24.8 Å². The van der Waals surface area contributed by atoms with Gasteiger partial charge in [-0.3, -0.25) is 0 Å². The van der Waals surface area contributed by atoms with Gasteiger partial charge in [-0.2, -0.15) is 23.4 Å². The molecule has 0 bridgehead atoms. The van der Waals surface area contributed by atoms with E-state index in [0.29, 0.717) is 17.4 Å². The van der Waals surface area contributed by atoms with Crippen molar-refractivity contribution in [2.45, 2.75) is 26.1 Å². The van der Waals surface area contributed by atoms with Crippen LogP contribution >= 0.6 is 0 Å². The molecule has 0 amide bonds. The molecule has 0 saturated heterocycles. The summed E-state index contributed by atoms with van der Waals surface area (Å²) >= 11 is 0. The minimum atomic E-state index is -4.62. The highest BCUT2D eigenvalue weighted by Gasteiger charge is 2.36. The SMILES string of the molecule is CC(C)Oc1nc(N(C)c2ccccc2C#N)ncc1C(F)(F)F. The van der Waals surface area contributed by atoms with Crippen molar-refractivity contribution in [2.75, 3.05) is 11.9 Å². The maximum Gasteiger partial charge on any atom is 0.423 e. The lowest BCUT2D eigenvalue weighted by molar-refractivity contribution is -0.139. The first-order chi connectivity index (χ1) is 11.2. The van der Waals surface area contributed by atoms with E-state index in [4.69, 9.17) is 10.00 Å². The fourth-order valence-electron chi connectivity index (χ4n) is 1.99. The Bertz CT molecular complexity index is 769. The molecule has 0 aliphatic carbocycles. The van der Waals surface area contributed by atoms with Gasteiger partial charge in [0.2, 0.25) is 11.8 Å². The first-order valence-electron chi connectivity index (χ1n) is 7.07. The summed E-state index contributed by atoms with van der Waals surface area (Å²) in [6, 6.07) is 8.68. The van der Waals surface area contributed by atoms with E-state index in [0.717, 1.165) is 0 Å². The van der Waals surface area contributed by atoms with E-state index in [1.807, 2.05) is 6.07 Å². The number of rotatable bonds is 4. The van der Waals surface area contributed by atoms with Crippen LogP contribution in [0.2, 0.25) is 0 Å². The molecule has 0 saturated carbocycles. The van der Waals surface area contributed by atoms with Gasteiger partial charge in [0.15, 0.2) is 0 Å². The number of aromatic nitrogens is 2. The second kappa shape index (κ2) is 6.74. The summed E-state index contributed by atoms with van der Waals surface area (Å²) in [7, 11) is 1.57. The van der Waals surface area contributed by atoms with Crippen molar-refractivity contribution in [3.8, 4) is 11.9 Å². The van der Waals surface area contributed by atoms with Gasteiger partial charge in [-0.05, 0) is 26.0 Å². The van der Waals surface area contributed by atoms with Gasteiger partial charge in [-0.15, -0.1) is 0 Å². The highest BCUT2D eigenvalue weighted by atomic mass is 19.4. The monoisotopic (exact) mass is 336 g/mol. The summed E-state index contributed by atoms with van der Waals surface area (Å²) in [5.74, 6) is -0.537. The Morgan fingerprint density at radius 2 is 1.92 bits per heavy atom. The molecule has 0 aliphatic heterocycles. The van der Waals surface area contributed by atoms with Gasteiger partial charge in [0.05, 0.1) is 17.4 Å². The molecule has 2 rings (SSSR count). The summed E-state index contributed by atoms with van der Waals surface area (Å²) in [6.45, 7) is 3.22. The molecule has 8 heteroatoms. The van der Waals surface area contributed by atoms with E-state index in [1.54, 1.807) is 45.2 Å². The number of alkyl halides is 3. The maximum absolute atomic E-state index is 13.1. The van der Waals surface area contributed by atoms with Crippen LogP contribution in [0.3, 0.4) is 0 Å². The second-order valence-electron chi connectivity index (χ2n) is 5.24. The van der Waals surface area contributed by atoms with Gasteiger partial charge >= 0.3 is 6.18 Å². The third kappa shape index (κ3) is 3.74. The molecule has 0 spiro atoms. The van der Waals surface area contributed by atoms with Crippen LogP contribution in [0.5, 0.6) is 5.88 Å². The predicted octanol–water partition coefficient (Wildman–Crippen LogP) is 3.92. The normalized spacial score (nSPS) is 11.2. The highest BCUT2D eigenvalue weighted by molar-refractivity contribution is 5.65. The van der Waals surface area contributed by atoms with Crippen LogP contribution in [-0.4, -0.2) is 23.1 Å². The molecule has 0 aliphatic rings. The number of ether oxygens (including phenoxy) is 1. The number of benzene rings is 1. The summed E-state index contributed by atoms with van der Waals surface area (Å²) in [5, 5.41) is 9.15. The third-order valence-corrected chi connectivity index (χ3v) is 3.08. The molecule has 0 unspecified atom stereocenters. The first kappa shape index (κ1) is 17.5. The average molecular weight is 336 g/mol. The van der Waals surface area contributed by atoms with Gasteiger partial charge in [0.25, 0.3) is 0 Å². The largest absolute Gasteiger partial charge is 0.474 e. The minimum Gasteiger partial charge on any atom is -0.474 e. The number of halogens is 3. The first-order valence-corrected chi connectivity index (χ1v) is 7.07. The summed E-state index contributed by atoms with van der Waals surface area (Å²) < 4.78 is 44.4. The summed E-state index contributed by atoms with van der Waals surface area (Å²) in [5.41, 5.74) is -0.202. The van der Waals surface area contributed by atoms with Gasteiger partial charge in [0.1, 0.15) is 11.6 Å². The summed E-state index contributed by atoms with van der Waals surface area (Å²) in [6.07, 6.45) is -4.41. The molecule has 0 N–H and O–H groups in total. The molecule has 126 valence electrons. The average Bonchev–Trinajstić information content (AvgIpc) is 2.52. The van der Waals surface area contributed by atoms with E-state index < -0.39 is 23.7 Å². The smallest absolute Gasteiger partial charge is 0.423 e. The molecule has 1 aromatic carbocycles. The van der Waals surface area contributed by atoms with Crippen molar-refractivity contribution in [1.29, 1.82) is 5.26 Å². The molecule has 5 nitrogen and oxygen atoms in total. The van der Waals surface area contributed by atoms with Crippen molar-refractivity contribution in [3.05, 3.63) is 41.6 Å². The van der Waals surface area contributed by atoms with E-state index in [2.05, 4.69) is 9.97 Å². The van der Waals surface area contributed by atoms with Crippen LogP contribution in [0.15, 0.2) is 30.5 Å². The quantitative estimate of drug-likeness (QED) is 0.847. The molecular weight excluding hydrogens is 321 g/mol. The number of hydrogen-bond acceptors (Lipinski definition) is 5. The van der Waals surface area contributed by atoms with Gasteiger partial charge in [-0.1, -0.05) is 12.1 Å². The van der Waals surface area contributed by atoms with Gasteiger partial charge < -0.3 is 9.64 Å². The third-order valence-electron chi connectivity index (χ3n) is 3.08. The van der Waals surface area contributed by atoms with Gasteiger partial charge in [0, 0.05) is 13.2 Å². The van der Waals surface area contributed by atoms with E-state index in [1.165, 1.54) is 4.90 Å². The lowest BCUT2D eigenvalue weighted by Crippen LogP contribution is -2.19. The summed E-state index contributed by atoms with van der Waals surface area (Å²) in [4.78, 5) is 9.10. The van der Waals surface area contributed by atoms with Crippen molar-refractivity contribution in [2.24, 2.45) is 0 Å². The van der Waals surface area contributed by atoms with Crippen molar-refractivity contribution >= 4 is 11.6 Å². The second-order valence-corrected chi connectivity index (χ2v) is 5.24.